The minimum absolute atomic E-state index is 0.0212. The van der Waals surface area contributed by atoms with Crippen molar-refractivity contribution in [3.63, 3.8) is 0 Å². The minimum Gasteiger partial charge on any atom is -0.508 e. The number of halogens is 3. The molecule has 0 saturated carbocycles. The van der Waals surface area contributed by atoms with Crippen molar-refractivity contribution >= 4 is 53.3 Å². The molecule has 15 N–H and O–H groups in total. The molecule has 23 nitrogen and oxygen atoms in total. The quantitative estimate of drug-likeness (QED) is 0.0310. The van der Waals surface area contributed by atoms with Crippen LogP contribution in [-0.4, -0.2) is 145 Å². The summed E-state index contributed by atoms with van der Waals surface area (Å²) in [4.78, 5) is 117. The number of aromatic amines is 1. The summed E-state index contributed by atoms with van der Waals surface area (Å²) in [5, 5.41) is 40.7. The summed E-state index contributed by atoms with van der Waals surface area (Å²) in [5.41, 5.74) is 18.6. The maximum atomic E-state index is 14.5. The van der Waals surface area contributed by atoms with Crippen molar-refractivity contribution in [1.29, 1.82) is 0 Å². The first-order valence-electron chi connectivity index (χ1n) is 23.8. The van der Waals surface area contributed by atoms with E-state index >= 15 is 0 Å². The zero-order valence-electron chi connectivity index (χ0n) is 41.4. The molecule has 2 aromatic carbocycles. The van der Waals surface area contributed by atoms with Crippen LogP contribution in [-0.2, 0) is 57.6 Å². The first-order chi connectivity index (χ1) is 34.8. The number of carboxylic acid groups (broad SMARTS) is 2. The highest BCUT2D eigenvalue weighted by molar-refractivity contribution is 5.97. The second-order valence-electron chi connectivity index (χ2n) is 18.0. The third-order valence-corrected chi connectivity index (χ3v) is 11.9. The van der Waals surface area contributed by atoms with Gasteiger partial charge in [0.15, 0.2) is 5.96 Å². The number of carboxylic acids is 2. The number of nitrogens with two attached hydrogens (primary N) is 3. The van der Waals surface area contributed by atoms with E-state index in [0.29, 0.717) is 36.1 Å². The lowest BCUT2D eigenvalue weighted by molar-refractivity contribution is -0.192. The average Bonchev–Trinajstić information content (AvgIpc) is 4.06. The van der Waals surface area contributed by atoms with Gasteiger partial charge in [-0.05, 0) is 60.8 Å². The number of benzene rings is 2. The maximum Gasteiger partial charge on any atom is 0.490 e. The Morgan fingerprint density at radius 1 is 0.797 bits per heavy atom. The van der Waals surface area contributed by atoms with E-state index in [1.807, 2.05) is 6.92 Å². The van der Waals surface area contributed by atoms with Crippen LogP contribution in [0.2, 0.25) is 0 Å². The number of amides is 6. The van der Waals surface area contributed by atoms with E-state index < -0.39 is 108 Å². The van der Waals surface area contributed by atoms with Crippen molar-refractivity contribution in [2.24, 2.45) is 34.0 Å². The number of carbonyl (C=O) groups is 8. The predicted molar refractivity (Wildman–Crippen MR) is 262 cm³/mol. The summed E-state index contributed by atoms with van der Waals surface area (Å²) < 4.78 is 31.7. The van der Waals surface area contributed by atoms with Crippen molar-refractivity contribution in [3.05, 3.63) is 83.9 Å². The van der Waals surface area contributed by atoms with Crippen LogP contribution < -0.4 is 43.8 Å². The summed E-state index contributed by atoms with van der Waals surface area (Å²) in [6.45, 7) is 7.40. The van der Waals surface area contributed by atoms with E-state index in [1.165, 1.54) is 29.6 Å². The van der Waals surface area contributed by atoms with Crippen molar-refractivity contribution in [2.75, 3.05) is 13.1 Å². The number of aromatic hydroxyl groups is 1. The molecule has 74 heavy (non-hydrogen) atoms. The van der Waals surface area contributed by atoms with E-state index in [0.717, 1.165) is 0 Å². The van der Waals surface area contributed by atoms with Gasteiger partial charge in [-0.15, -0.1) is 0 Å². The monoisotopic (exact) mass is 1040 g/mol. The minimum atomic E-state index is -5.08. The number of phenols is 1. The van der Waals surface area contributed by atoms with Crippen molar-refractivity contribution in [1.82, 2.24) is 41.5 Å². The topological polar surface area (TPSA) is 380 Å². The molecule has 2 heterocycles. The van der Waals surface area contributed by atoms with E-state index in [2.05, 4.69) is 41.5 Å². The highest BCUT2D eigenvalue weighted by Crippen LogP contribution is 2.21. The van der Waals surface area contributed by atoms with Gasteiger partial charge < -0.3 is 69.0 Å². The Bertz CT molecular complexity index is 2370. The first-order valence-corrected chi connectivity index (χ1v) is 23.8. The molecule has 3 aromatic rings. The van der Waals surface area contributed by atoms with Gasteiger partial charge in [0.1, 0.15) is 42.0 Å². The number of phenolic OH excluding ortho intramolecular Hbond substituents is 1. The van der Waals surface area contributed by atoms with E-state index in [4.69, 9.17) is 27.1 Å². The molecule has 1 aliphatic heterocycles. The summed E-state index contributed by atoms with van der Waals surface area (Å²) in [5.74, 6) is -9.06. The Labute approximate surface area is 425 Å². The van der Waals surface area contributed by atoms with Crippen LogP contribution in [0.1, 0.15) is 76.6 Å². The standard InChI is InChI=1S/C46H66N12O9.C2HF3O2/c1-5-27(4)38(57-40(61)33(21-29-15-17-31(59)18-16-29)53-42(63)37(26(2)3)56-39(60)32(47)13-9-19-51-46(48)49)43(64)54-34(23-30-24-50-25-52-30)44(65)58-20-10-14-36(58)41(62)55-35(45(66)67)22-28-11-7-6-8-12-28;3-2(4,5)1(6)7/h6-8,11-12,15-18,24-27,32-38,59H,5,9-10,13-14,19-23,47H2,1-4H3,(H,50,52)(H,53,63)(H,54,64)(H,55,62)(H,56,60)(H,57,61)(H,66,67)(H4,48,49,51);(H,6,7)/t27-,32-,33-,34-,35-,36-,37-,38-;/m0./s1. The molecule has 6 amide bonds. The molecule has 1 fully saturated rings. The normalized spacial score (nSPS) is 16.1. The molecule has 26 heteroatoms. The Morgan fingerprint density at radius 2 is 1.38 bits per heavy atom. The second-order valence-corrected chi connectivity index (χ2v) is 18.0. The number of alkyl halides is 3. The maximum absolute atomic E-state index is 14.5. The number of aliphatic carboxylic acids is 2. The van der Waals surface area contributed by atoms with Crippen LogP contribution >= 0.6 is 0 Å². The fraction of sp³-hybridized carbons (Fsp3) is 0.500. The Hall–Kier alpha value is -7.77. The SMILES string of the molecule is CC[C@H](C)[C@H](NC(=O)[C@H](Cc1ccc(O)cc1)NC(=O)[C@@H](NC(=O)[C@@H](N)CCCN=C(N)N)C(C)C)C(=O)N[C@@H](Cc1cnc[nH]1)C(=O)N1CCC[C@H]1C(=O)N[C@@H](Cc1ccccc1)C(=O)O.O=C(O)C(F)(F)F. The van der Waals surface area contributed by atoms with E-state index in [-0.39, 0.29) is 56.9 Å². The number of aliphatic imine (C=N–C) groups is 1. The molecular weight excluding hydrogens is 978 g/mol. The van der Waals surface area contributed by atoms with Gasteiger partial charge in [-0.25, -0.2) is 14.6 Å². The number of rotatable bonds is 25. The summed E-state index contributed by atoms with van der Waals surface area (Å²) >= 11 is 0. The van der Waals surface area contributed by atoms with Gasteiger partial charge in [-0.3, -0.25) is 33.8 Å². The zero-order chi connectivity index (χ0) is 55.3. The number of nitrogens with one attached hydrogen (secondary N) is 6. The smallest absolute Gasteiger partial charge is 0.490 e. The number of H-pyrrole nitrogens is 1. The van der Waals surface area contributed by atoms with E-state index in [1.54, 1.807) is 63.2 Å². The van der Waals surface area contributed by atoms with Crippen molar-refractivity contribution in [3.8, 4) is 5.75 Å². The van der Waals surface area contributed by atoms with Crippen LogP contribution in [0.3, 0.4) is 0 Å². The predicted octanol–water partition coefficient (Wildman–Crippen LogP) is 0.359. The number of hydrogen-bond acceptors (Lipinski definition) is 12. The van der Waals surface area contributed by atoms with Crippen LogP contribution in [0.15, 0.2) is 72.1 Å². The van der Waals surface area contributed by atoms with E-state index in [9.17, 15) is 56.9 Å². The molecule has 0 radical (unpaired) electrons. The molecule has 0 unspecified atom stereocenters. The third kappa shape index (κ3) is 19.7. The van der Waals surface area contributed by atoms with Crippen molar-refractivity contribution < 1.29 is 66.8 Å². The lowest BCUT2D eigenvalue weighted by Crippen LogP contribution is -2.61. The Morgan fingerprint density at radius 3 is 1.93 bits per heavy atom. The highest BCUT2D eigenvalue weighted by atomic mass is 19.4. The molecule has 0 spiro atoms. The zero-order valence-corrected chi connectivity index (χ0v) is 41.4. The molecular formula is C48H67F3N12O11. The first kappa shape index (κ1) is 60.5. The van der Waals surface area contributed by atoms with Crippen LogP contribution in [0.4, 0.5) is 13.2 Å². The van der Waals surface area contributed by atoms with Gasteiger partial charge in [0, 0.05) is 44.2 Å². The summed E-state index contributed by atoms with van der Waals surface area (Å²) in [6.07, 6.45) is -0.564. The molecule has 8 atom stereocenters. The Balaban J connectivity index is 0.00000192. The molecule has 0 bridgehead atoms. The Kier molecular flexibility index (Phi) is 23.8. The third-order valence-electron chi connectivity index (χ3n) is 11.9. The second kappa shape index (κ2) is 29.1. The van der Waals surface area contributed by atoms with Crippen LogP contribution in [0.5, 0.6) is 5.75 Å². The van der Waals surface area contributed by atoms with Gasteiger partial charge in [0.05, 0.1) is 12.4 Å². The number of carbonyl (C=O) groups excluding carboxylic acids is 6. The highest BCUT2D eigenvalue weighted by Gasteiger charge is 2.41. The lowest BCUT2D eigenvalue weighted by atomic mass is 9.96. The molecule has 0 aliphatic carbocycles. The largest absolute Gasteiger partial charge is 0.508 e. The summed E-state index contributed by atoms with van der Waals surface area (Å²) in [6, 6.07) is 6.64. The fourth-order valence-corrected chi connectivity index (χ4v) is 7.64. The number of guanidine groups is 1. The number of aromatic nitrogens is 2. The van der Waals surface area contributed by atoms with Crippen LogP contribution in [0, 0.1) is 11.8 Å². The van der Waals surface area contributed by atoms with Gasteiger partial charge >= 0.3 is 18.1 Å². The molecule has 1 saturated heterocycles. The number of hydrogen-bond donors (Lipinski definition) is 12. The van der Waals surface area contributed by atoms with Gasteiger partial charge in [-0.1, -0.05) is 76.6 Å². The number of nitrogens with zero attached hydrogens (tertiary/aromatic N) is 3. The van der Waals surface area contributed by atoms with Gasteiger partial charge in [0.2, 0.25) is 35.4 Å². The van der Waals surface area contributed by atoms with Gasteiger partial charge in [-0.2, -0.15) is 13.2 Å². The molecule has 4 rings (SSSR count). The number of likely N-dealkylation sites (tertiary alicyclic amines) is 1. The fourth-order valence-electron chi connectivity index (χ4n) is 7.64. The molecule has 406 valence electrons. The van der Waals surface area contributed by atoms with Crippen molar-refractivity contribution in [2.45, 2.75) is 128 Å². The summed E-state index contributed by atoms with van der Waals surface area (Å²) in [7, 11) is 0. The molecule has 1 aliphatic rings. The average molecular weight is 1050 g/mol. The van der Waals surface area contributed by atoms with Gasteiger partial charge in [0.25, 0.3) is 0 Å². The molecule has 1 aromatic heterocycles. The lowest BCUT2D eigenvalue weighted by Gasteiger charge is -2.32. The van der Waals surface area contributed by atoms with Crippen LogP contribution in [0.25, 0.3) is 0 Å². The number of imidazole rings is 1.